The molecule has 0 bridgehead atoms. The van der Waals surface area contributed by atoms with Crippen molar-refractivity contribution in [3.63, 3.8) is 0 Å². The molecule has 160 valence electrons. The minimum Gasteiger partial charge on any atom is -0.494 e. The van der Waals surface area contributed by atoms with E-state index in [1.807, 2.05) is 0 Å². The van der Waals surface area contributed by atoms with Crippen LogP contribution < -0.4 is 9.47 Å². The average Bonchev–Trinajstić information content (AvgIpc) is 2.73. The first-order valence-corrected chi connectivity index (χ1v) is 12.2. The van der Waals surface area contributed by atoms with Crippen LogP contribution in [0, 0.1) is 5.92 Å². The lowest BCUT2D eigenvalue weighted by atomic mass is 9.77. The van der Waals surface area contributed by atoms with E-state index < -0.39 is 0 Å². The van der Waals surface area contributed by atoms with Gasteiger partial charge in [0.2, 0.25) is 0 Å². The molecule has 1 aromatic rings. The van der Waals surface area contributed by atoms with E-state index in [2.05, 4.69) is 39.0 Å². The van der Waals surface area contributed by atoms with Crippen molar-refractivity contribution < 1.29 is 9.47 Å². The van der Waals surface area contributed by atoms with Crippen molar-refractivity contribution in [2.45, 2.75) is 110 Å². The third-order valence-electron chi connectivity index (χ3n) is 6.19. The lowest BCUT2D eigenvalue weighted by Crippen LogP contribution is -2.14. The van der Waals surface area contributed by atoms with Gasteiger partial charge in [-0.1, -0.05) is 65.7 Å². The highest BCUT2D eigenvalue weighted by Gasteiger charge is 2.24. The van der Waals surface area contributed by atoms with Crippen LogP contribution in [0.4, 0.5) is 0 Å². The summed E-state index contributed by atoms with van der Waals surface area (Å²) in [7, 11) is 0. The van der Waals surface area contributed by atoms with Crippen molar-refractivity contribution in [1.82, 2.24) is 0 Å². The Labute approximate surface area is 174 Å². The fourth-order valence-electron chi connectivity index (χ4n) is 4.52. The zero-order valence-electron chi connectivity index (χ0n) is 18.8. The minimum absolute atomic E-state index is 0.637. The summed E-state index contributed by atoms with van der Waals surface area (Å²) < 4.78 is 12.2. The van der Waals surface area contributed by atoms with Crippen LogP contribution in [-0.2, 0) is 0 Å². The van der Waals surface area contributed by atoms with E-state index in [1.54, 1.807) is 0 Å². The maximum Gasteiger partial charge on any atom is 0.123 e. The molecule has 0 amide bonds. The van der Waals surface area contributed by atoms with Gasteiger partial charge in [-0.3, -0.25) is 0 Å². The molecular weight excluding hydrogens is 344 g/mol. The Kier molecular flexibility index (Phi) is 11.5. The number of unbranched alkanes of at least 4 members (excludes halogenated alkanes) is 5. The molecule has 1 fully saturated rings. The molecule has 0 radical (unpaired) electrons. The quantitative estimate of drug-likeness (QED) is 0.298. The first-order chi connectivity index (χ1) is 13.8. The van der Waals surface area contributed by atoms with Gasteiger partial charge in [0, 0.05) is 5.56 Å². The summed E-state index contributed by atoms with van der Waals surface area (Å²) in [6, 6.07) is 6.54. The summed E-state index contributed by atoms with van der Waals surface area (Å²) in [5.74, 6) is 3.70. The lowest BCUT2D eigenvalue weighted by Gasteiger charge is -2.30. The smallest absolute Gasteiger partial charge is 0.123 e. The van der Waals surface area contributed by atoms with Gasteiger partial charge in [0.1, 0.15) is 11.5 Å². The molecule has 0 aliphatic heterocycles. The number of rotatable bonds is 14. The van der Waals surface area contributed by atoms with Crippen LogP contribution in [0.15, 0.2) is 18.2 Å². The molecule has 1 saturated carbocycles. The second-order valence-corrected chi connectivity index (χ2v) is 8.67. The number of ether oxygens (including phenoxy) is 2. The molecule has 28 heavy (non-hydrogen) atoms. The largest absolute Gasteiger partial charge is 0.494 e. The molecule has 0 spiro atoms. The zero-order chi connectivity index (χ0) is 20.0. The SMILES string of the molecule is CCCCCCCCOc1ccc(OCCC)c(C2CCC(CCC)CC2)c1. The molecule has 2 rings (SSSR count). The van der Waals surface area contributed by atoms with E-state index in [0.29, 0.717) is 5.92 Å². The van der Waals surface area contributed by atoms with Gasteiger partial charge in [-0.2, -0.15) is 0 Å². The molecule has 0 N–H and O–H groups in total. The molecule has 1 aliphatic rings. The van der Waals surface area contributed by atoms with Gasteiger partial charge >= 0.3 is 0 Å². The number of hydrogen-bond acceptors (Lipinski definition) is 2. The normalized spacial score (nSPS) is 19.5. The molecular formula is C26H44O2. The van der Waals surface area contributed by atoms with Crippen LogP contribution in [0.2, 0.25) is 0 Å². The van der Waals surface area contributed by atoms with Crippen molar-refractivity contribution >= 4 is 0 Å². The van der Waals surface area contributed by atoms with Gasteiger partial charge in [-0.25, -0.2) is 0 Å². The van der Waals surface area contributed by atoms with Crippen LogP contribution in [0.3, 0.4) is 0 Å². The van der Waals surface area contributed by atoms with Crippen LogP contribution in [-0.4, -0.2) is 13.2 Å². The highest BCUT2D eigenvalue weighted by molar-refractivity contribution is 5.42. The molecule has 0 atom stereocenters. The second kappa shape index (κ2) is 13.9. The average molecular weight is 389 g/mol. The van der Waals surface area contributed by atoms with E-state index in [-0.39, 0.29) is 0 Å². The molecule has 0 heterocycles. The maximum absolute atomic E-state index is 6.11. The van der Waals surface area contributed by atoms with Gasteiger partial charge in [-0.15, -0.1) is 0 Å². The Morgan fingerprint density at radius 3 is 2.21 bits per heavy atom. The van der Waals surface area contributed by atoms with Crippen molar-refractivity contribution in [3.05, 3.63) is 23.8 Å². The fraction of sp³-hybridized carbons (Fsp3) is 0.769. The van der Waals surface area contributed by atoms with Gasteiger partial charge in [0.15, 0.2) is 0 Å². The topological polar surface area (TPSA) is 18.5 Å². The first kappa shape index (κ1) is 23.1. The van der Waals surface area contributed by atoms with E-state index in [4.69, 9.17) is 9.47 Å². The monoisotopic (exact) mass is 388 g/mol. The minimum atomic E-state index is 0.637. The summed E-state index contributed by atoms with van der Waals surface area (Å²) in [5, 5.41) is 0. The van der Waals surface area contributed by atoms with Crippen molar-refractivity contribution in [2.75, 3.05) is 13.2 Å². The van der Waals surface area contributed by atoms with Gasteiger partial charge in [0.25, 0.3) is 0 Å². The van der Waals surface area contributed by atoms with Crippen molar-refractivity contribution in [2.24, 2.45) is 5.92 Å². The zero-order valence-corrected chi connectivity index (χ0v) is 18.8. The third kappa shape index (κ3) is 8.05. The Balaban J connectivity index is 1.90. The van der Waals surface area contributed by atoms with E-state index in [0.717, 1.165) is 43.5 Å². The molecule has 0 saturated heterocycles. The standard InChI is InChI=1S/C26H44O2/c1-4-7-8-9-10-11-20-27-24-17-18-26(28-19-6-3)25(21-24)23-15-13-22(12-5-2)14-16-23/h17-18,21-23H,4-16,19-20H2,1-3H3. The third-order valence-corrected chi connectivity index (χ3v) is 6.19. The van der Waals surface area contributed by atoms with Crippen molar-refractivity contribution in [3.8, 4) is 11.5 Å². The molecule has 1 aliphatic carbocycles. The molecule has 2 heteroatoms. The highest BCUT2D eigenvalue weighted by Crippen LogP contribution is 2.42. The lowest BCUT2D eigenvalue weighted by molar-refractivity contribution is 0.282. The predicted molar refractivity (Wildman–Crippen MR) is 121 cm³/mol. The molecule has 0 aromatic heterocycles. The summed E-state index contributed by atoms with van der Waals surface area (Å²) in [6.45, 7) is 8.39. The molecule has 2 nitrogen and oxygen atoms in total. The van der Waals surface area contributed by atoms with Crippen LogP contribution in [0.25, 0.3) is 0 Å². The summed E-state index contributed by atoms with van der Waals surface area (Å²) in [4.78, 5) is 0. The second-order valence-electron chi connectivity index (χ2n) is 8.67. The number of hydrogen-bond donors (Lipinski definition) is 0. The fourth-order valence-corrected chi connectivity index (χ4v) is 4.52. The Morgan fingerprint density at radius 1 is 0.750 bits per heavy atom. The predicted octanol–water partition coefficient (Wildman–Crippen LogP) is 8.29. The van der Waals surface area contributed by atoms with Gasteiger partial charge in [0.05, 0.1) is 13.2 Å². The Bertz CT molecular complexity index is 517. The van der Waals surface area contributed by atoms with Crippen LogP contribution in [0.1, 0.15) is 116 Å². The van der Waals surface area contributed by atoms with E-state index in [1.165, 1.54) is 76.2 Å². The molecule has 1 aromatic carbocycles. The maximum atomic E-state index is 6.11. The van der Waals surface area contributed by atoms with E-state index in [9.17, 15) is 0 Å². The van der Waals surface area contributed by atoms with Gasteiger partial charge < -0.3 is 9.47 Å². The highest BCUT2D eigenvalue weighted by atomic mass is 16.5. The summed E-state index contributed by atoms with van der Waals surface area (Å²) >= 11 is 0. The summed E-state index contributed by atoms with van der Waals surface area (Å²) in [5.41, 5.74) is 1.39. The Morgan fingerprint density at radius 2 is 1.50 bits per heavy atom. The van der Waals surface area contributed by atoms with Gasteiger partial charge in [-0.05, 0) is 68.6 Å². The van der Waals surface area contributed by atoms with Crippen LogP contribution in [0.5, 0.6) is 11.5 Å². The first-order valence-electron chi connectivity index (χ1n) is 12.2. The summed E-state index contributed by atoms with van der Waals surface area (Å²) in [6.07, 6.45) is 16.9. The molecule has 0 unspecified atom stereocenters. The van der Waals surface area contributed by atoms with Crippen LogP contribution >= 0.6 is 0 Å². The van der Waals surface area contributed by atoms with Crippen molar-refractivity contribution in [1.29, 1.82) is 0 Å². The number of benzene rings is 1. The Hall–Kier alpha value is -1.18. The van der Waals surface area contributed by atoms with E-state index >= 15 is 0 Å².